The zero-order valence-corrected chi connectivity index (χ0v) is 11.2. The molecule has 1 fully saturated rings. The topological polar surface area (TPSA) is 38.5 Å². The average Bonchev–Trinajstić information content (AvgIpc) is 2.74. The van der Waals surface area contributed by atoms with Gasteiger partial charge in [-0.25, -0.2) is 4.39 Å². The lowest BCUT2D eigenvalue weighted by Gasteiger charge is -2.29. The fourth-order valence-corrected chi connectivity index (χ4v) is 2.50. The molecule has 100 valence electrons. The predicted octanol–water partition coefficient (Wildman–Crippen LogP) is 2.46. The molecular weight excluding hydrogens is 231 g/mol. The van der Waals surface area contributed by atoms with E-state index in [9.17, 15) is 4.39 Å². The Morgan fingerprint density at radius 2 is 2.22 bits per heavy atom. The highest BCUT2D eigenvalue weighted by molar-refractivity contribution is 5.50. The number of benzene rings is 1. The Morgan fingerprint density at radius 3 is 2.72 bits per heavy atom. The molecule has 0 aromatic heterocycles. The Morgan fingerprint density at radius 1 is 1.50 bits per heavy atom. The summed E-state index contributed by atoms with van der Waals surface area (Å²) in [6.07, 6.45) is 1.08. The maximum Gasteiger partial charge on any atom is 0.146 e. The van der Waals surface area contributed by atoms with E-state index in [1.165, 1.54) is 6.07 Å². The molecule has 0 aliphatic carbocycles. The van der Waals surface area contributed by atoms with Gasteiger partial charge in [0.2, 0.25) is 0 Å². The van der Waals surface area contributed by atoms with Gasteiger partial charge in [0.05, 0.1) is 17.8 Å². The molecule has 1 aliphatic rings. The minimum absolute atomic E-state index is 0.141. The van der Waals surface area contributed by atoms with Gasteiger partial charge in [-0.2, -0.15) is 0 Å². The van der Waals surface area contributed by atoms with Crippen molar-refractivity contribution in [1.29, 1.82) is 0 Å². The SMILES string of the molecule is CC(N)c1ccc(N(C)C2CCOC2C)c(F)c1. The van der Waals surface area contributed by atoms with Crippen molar-refractivity contribution >= 4 is 5.69 Å². The van der Waals surface area contributed by atoms with Crippen molar-refractivity contribution in [3.63, 3.8) is 0 Å². The molecule has 1 saturated heterocycles. The van der Waals surface area contributed by atoms with Crippen LogP contribution in [0.25, 0.3) is 0 Å². The number of halogens is 1. The summed E-state index contributed by atoms with van der Waals surface area (Å²) in [6.45, 7) is 4.63. The van der Waals surface area contributed by atoms with Gasteiger partial charge >= 0.3 is 0 Å². The first-order valence-corrected chi connectivity index (χ1v) is 6.40. The highest BCUT2D eigenvalue weighted by Gasteiger charge is 2.29. The van der Waals surface area contributed by atoms with Gasteiger partial charge in [0.15, 0.2) is 0 Å². The fraction of sp³-hybridized carbons (Fsp3) is 0.571. The molecule has 0 amide bonds. The summed E-state index contributed by atoms with van der Waals surface area (Å²) in [5.74, 6) is -0.216. The van der Waals surface area contributed by atoms with Crippen LogP contribution in [-0.4, -0.2) is 25.8 Å². The van der Waals surface area contributed by atoms with Crippen LogP contribution in [0.5, 0.6) is 0 Å². The van der Waals surface area contributed by atoms with Crippen LogP contribution >= 0.6 is 0 Å². The summed E-state index contributed by atoms with van der Waals surface area (Å²) in [6, 6.07) is 5.31. The van der Waals surface area contributed by atoms with Gasteiger partial charge in [0.1, 0.15) is 5.82 Å². The number of rotatable bonds is 3. The lowest BCUT2D eigenvalue weighted by atomic mass is 10.1. The Bertz CT molecular complexity index is 422. The fourth-order valence-electron chi connectivity index (χ4n) is 2.50. The molecule has 1 aliphatic heterocycles. The van der Waals surface area contributed by atoms with Crippen LogP contribution in [0, 0.1) is 5.82 Å². The van der Waals surface area contributed by atoms with Gasteiger partial charge in [0.25, 0.3) is 0 Å². The van der Waals surface area contributed by atoms with E-state index in [0.717, 1.165) is 18.6 Å². The summed E-state index contributed by atoms with van der Waals surface area (Å²) < 4.78 is 19.6. The molecule has 1 aromatic carbocycles. The number of likely N-dealkylation sites (N-methyl/N-ethyl adjacent to an activating group) is 1. The van der Waals surface area contributed by atoms with Crippen LogP contribution in [-0.2, 0) is 4.74 Å². The third-order valence-electron chi connectivity index (χ3n) is 3.71. The number of nitrogens with zero attached hydrogens (tertiary/aromatic N) is 1. The van der Waals surface area contributed by atoms with E-state index >= 15 is 0 Å². The van der Waals surface area contributed by atoms with Crippen molar-refractivity contribution in [1.82, 2.24) is 0 Å². The van der Waals surface area contributed by atoms with E-state index in [0.29, 0.717) is 5.69 Å². The van der Waals surface area contributed by atoms with Gasteiger partial charge in [-0.05, 0) is 38.0 Å². The third kappa shape index (κ3) is 2.49. The van der Waals surface area contributed by atoms with Crippen LogP contribution in [0.3, 0.4) is 0 Å². The minimum atomic E-state index is -0.216. The van der Waals surface area contributed by atoms with Crippen LogP contribution in [0.1, 0.15) is 31.9 Å². The third-order valence-corrected chi connectivity index (χ3v) is 3.71. The largest absolute Gasteiger partial charge is 0.376 e. The zero-order chi connectivity index (χ0) is 13.3. The summed E-state index contributed by atoms with van der Waals surface area (Å²) in [4.78, 5) is 1.97. The average molecular weight is 252 g/mol. The smallest absolute Gasteiger partial charge is 0.146 e. The van der Waals surface area contributed by atoms with Gasteiger partial charge < -0.3 is 15.4 Å². The van der Waals surface area contributed by atoms with Crippen molar-refractivity contribution in [2.45, 2.75) is 38.5 Å². The van der Waals surface area contributed by atoms with Gasteiger partial charge in [-0.1, -0.05) is 6.07 Å². The van der Waals surface area contributed by atoms with Crippen molar-refractivity contribution < 1.29 is 9.13 Å². The van der Waals surface area contributed by atoms with Crippen molar-refractivity contribution in [3.05, 3.63) is 29.6 Å². The van der Waals surface area contributed by atoms with E-state index in [-0.39, 0.29) is 24.0 Å². The molecule has 0 bridgehead atoms. The molecule has 18 heavy (non-hydrogen) atoms. The molecule has 2 rings (SSSR count). The highest BCUT2D eigenvalue weighted by atomic mass is 19.1. The normalized spacial score (nSPS) is 25.2. The second-order valence-electron chi connectivity index (χ2n) is 5.04. The molecule has 1 heterocycles. The van der Waals surface area contributed by atoms with Crippen molar-refractivity contribution in [2.24, 2.45) is 5.73 Å². The summed E-state index contributed by atoms with van der Waals surface area (Å²) in [5.41, 5.74) is 7.19. The highest BCUT2D eigenvalue weighted by Crippen LogP contribution is 2.27. The lowest BCUT2D eigenvalue weighted by Crippen LogP contribution is -2.37. The first kappa shape index (κ1) is 13.3. The molecule has 3 unspecified atom stereocenters. The van der Waals surface area contributed by atoms with E-state index in [1.54, 1.807) is 6.07 Å². The van der Waals surface area contributed by atoms with E-state index < -0.39 is 0 Å². The number of hydrogen-bond donors (Lipinski definition) is 1. The van der Waals surface area contributed by atoms with Crippen molar-refractivity contribution in [3.8, 4) is 0 Å². The Labute approximate surface area is 108 Å². The maximum atomic E-state index is 14.1. The molecule has 2 N–H and O–H groups in total. The Hall–Kier alpha value is -1.13. The predicted molar refractivity (Wildman–Crippen MR) is 71.2 cm³/mol. The maximum absolute atomic E-state index is 14.1. The molecule has 0 saturated carbocycles. The monoisotopic (exact) mass is 252 g/mol. The van der Waals surface area contributed by atoms with Crippen molar-refractivity contribution in [2.75, 3.05) is 18.6 Å². The zero-order valence-electron chi connectivity index (χ0n) is 11.2. The Balaban J connectivity index is 2.22. The number of hydrogen-bond acceptors (Lipinski definition) is 3. The number of ether oxygens (including phenoxy) is 1. The molecule has 0 spiro atoms. The standard InChI is InChI=1S/C14H21FN2O/c1-9(16)11-4-5-14(12(15)8-11)17(3)13-6-7-18-10(13)2/h4-5,8-10,13H,6-7,16H2,1-3H3. The van der Waals surface area contributed by atoms with Gasteiger partial charge in [-0.15, -0.1) is 0 Å². The van der Waals surface area contributed by atoms with Crippen LogP contribution in [0.2, 0.25) is 0 Å². The summed E-state index contributed by atoms with van der Waals surface area (Å²) >= 11 is 0. The summed E-state index contributed by atoms with van der Waals surface area (Å²) in [5, 5.41) is 0. The second kappa shape index (κ2) is 5.24. The van der Waals surface area contributed by atoms with Crippen LogP contribution < -0.4 is 10.6 Å². The quantitative estimate of drug-likeness (QED) is 0.898. The minimum Gasteiger partial charge on any atom is -0.376 e. The first-order chi connectivity index (χ1) is 8.50. The Kier molecular flexibility index (Phi) is 3.88. The van der Waals surface area contributed by atoms with Gasteiger partial charge in [0, 0.05) is 19.7 Å². The molecule has 4 heteroatoms. The molecular formula is C14H21FN2O. The summed E-state index contributed by atoms with van der Waals surface area (Å²) in [7, 11) is 1.92. The molecule has 1 aromatic rings. The van der Waals surface area contributed by atoms with Gasteiger partial charge in [-0.3, -0.25) is 0 Å². The number of nitrogens with two attached hydrogens (primary N) is 1. The molecule has 0 radical (unpaired) electrons. The van der Waals surface area contributed by atoms with E-state index in [2.05, 4.69) is 0 Å². The second-order valence-corrected chi connectivity index (χ2v) is 5.04. The van der Waals surface area contributed by atoms with E-state index in [1.807, 2.05) is 31.9 Å². The van der Waals surface area contributed by atoms with Crippen LogP contribution in [0.4, 0.5) is 10.1 Å². The van der Waals surface area contributed by atoms with Crippen LogP contribution in [0.15, 0.2) is 18.2 Å². The lowest BCUT2D eigenvalue weighted by molar-refractivity contribution is 0.118. The van der Waals surface area contributed by atoms with E-state index in [4.69, 9.17) is 10.5 Å². The molecule has 3 atom stereocenters. The first-order valence-electron chi connectivity index (χ1n) is 6.40. The molecule has 3 nitrogen and oxygen atoms in total. The number of anilines is 1.